The Kier molecular flexibility index (Phi) is 13.2. The number of unbranched alkanes of at least 4 members (excludes halogenated alkanes) is 1. The van der Waals surface area contributed by atoms with Gasteiger partial charge < -0.3 is 20.3 Å². The van der Waals surface area contributed by atoms with Crippen molar-refractivity contribution in [2.75, 3.05) is 45.2 Å². The van der Waals surface area contributed by atoms with Gasteiger partial charge in [0.2, 0.25) is 0 Å². The molecule has 2 N–H and O–H groups in total. The first-order valence-corrected chi connectivity index (χ1v) is 14.3. The van der Waals surface area contributed by atoms with Gasteiger partial charge in [-0.05, 0) is 76.6 Å². The fraction of sp³-hybridized carbons (Fsp3) is 0.500. The van der Waals surface area contributed by atoms with Gasteiger partial charge in [0.05, 0.1) is 12.3 Å². The smallest absolute Gasteiger partial charge is 0.136 e. The monoisotopic (exact) mass is 535 g/mol. The highest BCUT2D eigenvalue weighted by molar-refractivity contribution is 5.74. The first-order chi connectivity index (χ1) is 19.0. The lowest BCUT2D eigenvalue weighted by atomic mass is 10.1. The summed E-state index contributed by atoms with van der Waals surface area (Å²) in [5.41, 5.74) is 5.18. The first kappa shape index (κ1) is 30.5. The largest absolute Gasteiger partial charge is 0.383 e. The van der Waals surface area contributed by atoms with E-state index in [9.17, 15) is 4.39 Å². The van der Waals surface area contributed by atoms with Crippen molar-refractivity contribution >= 4 is 17.7 Å². The zero-order chi connectivity index (χ0) is 27.9. The van der Waals surface area contributed by atoms with Gasteiger partial charge in [0, 0.05) is 56.0 Å². The number of pyridine rings is 1. The van der Waals surface area contributed by atoms with Gasteiger partial charge in [0.15, 0.2) is 0 Å². The lowest BCUT2D eigenvalue weighted by Gasteiger charge is -2.26. The lowest BCUT2D eigenvalue weighted by Crippen LogP contribution is -2.37. The van der Waals surface area contributed by atoms with Crippen LogP contribution < -0.4 is 10.6 Å². The highest BCUT2D eigenvalue weighted by Crippen LogP contribution is 2.20. The number of nitrogens with zero attached hydrogens (tertiary/aromatic N) is 3. The number of benzene rings is 1. The number of ether oxygens (including phenoxy) is 1. The maximum absolute atomic E-state index is 14.5. The summed E-state index contributed by atoms with van der Waals surface area (Å²) in [6, 6.07) is 14.6. The maximum atomic E-state index is 14.5. The van der Waals surface area contributed by atoms with Crippen LogP contribution in [0.15, 0.2) is 65.8 Å². The average molecular weight is 536 g/mol. The van der Waals surface area contributed by atoms with Crippen molar-refractivity contribution in [3.05, 3.63) is 77.6 Å². The molecule has 1 aliphatic rings. The molecule has 1 aromatic carbocycles. The summed E-state index contributed by atoms with van der Waals surface area (Å²) in [6.07, 6.45) is 8.89. The zero-order valence-corrected chi connectivity index (χ0v) is 24.0. The van der Waals surface area contributed by atoms with E-state index in [-0.39, 0.29) is 12.6 Å². The molecule has 1 aliphatic heterocycles. The van der Waals surface area contributed by atoms with E-state index in [1.165, 1.54) is 12.0 Å². The van der Waals surface area contributed by atoms with Crippen LogP contribution in [-0.4, -0.2) is 68.2 Å². The normalized spacial score (nSPS) is 15.2. The number of rotatable bonds is 17. The highest BCUT2D eigenvalue weighted by Gasteiger charge is 2.15. The predicted octanol–water partition coefficient (Wildman–Crippen LogP) is 6.06. The summed E-state index contributed by atoms with van der Waals surface area (Å²) in [5, 5.41) is 6.90. The summed E-state index contributed by atoms with van der Waals surface area (Å²) >= 11 is 0. The molecule has 7 heteroatoms. The molecule has 0 fully saturated rings. The Morgan fingerprint density at radius 1 is 1.23 bits per heavy atom. The Bertz CT molecular complexity index is 1070. The summed E-state index contributed by atoms with van der Waals surface area (Å²) in [5.74, 6) is 1.05. The molecule has 0 spiro atoms. The molecular formula is C32H46FN5O. The Hall–Kier alpha value is -3.03. The number of halogens is 1. The maximum Gasteiger partial charge on any atom is 0.136 e. The van der Waals surface area contributed by atoms with E-state index in [4.69, 9.17) is 9.72 Å². The van der Waals surface area contributed by atoms with E-state index in [1.54, 1.807) is 13.3 Å². The van der Waals surface area contributed by atoms with Crippen molar-refractivity contribution in [3.63, 3.8) is 0 Å². The Morgan fingerprint density at radius 2 is 2.05 bits per heavy atom. The third-order valence-corrected chi connectivity index (χ3v) is 6.87. The topological polar surface area (TPSA) is 61.8 Å². The molecule has 0 aliphatic carbocycles. The van der Waals surface area contributed by atoms with E-state index in [1.807, 2.05) is 43.3 Å². The molecule has 2 atom stereocenters. The van der Waals surface area contributed by atoms with Crippen molar-refractivity contribution in [2.45, 2.75) is 64.6 Å². The minimum absolute atomic E-state index is 0.123. The first-order valence-electron chi connectivity index (χ1n) is 14.3. The number of anilines is 1. The molecule has 2 heterocycles. The van der Waals surface area contributed by atoms with Crippen molar-refractivity contribution in [2.24, 2.45) is 4.99 Å². The number of methoxy groups -OCH3 is 1. The fourth-order valence-electron chi connectivity index (χ4n) is 4.87. The number of fused-ring (bicyclic) bond motifs is 1. The second-order valence-corrected chi connectivity index (χ2v) is 10.3. The molecule has 39 heavy (non-hydrogen) atoms. The number of aryl methyl sites for hydroxylation is 2. The van der Waals surface area contributed by atoms with Gasteiger partial charge in [0.1, 0.15) is 12.0 Å². The number of nitrogens with one attached hydrogen (secondary N) is 2. The molecule has 6 nitrogen and oxygen atoms in total. The van der Waals surface area contributed by atoms with Gasteiger partial charge in [-0.15, -0.1) is 0 Å². The van der Waals surface area contributed by atoms with Crippen LogP contribution >= 0.6 is 0 Å². The van der Waals surface area contributed by atoms with Crippen LogP contribution in [0.3, 0.4) is 0 Å². The molecule has 212 valence electrons. The average Bonchev–Trinajstić information content (AvgIpc) is 2.94. The van der Waals surface area contributed by atoms with Gasteiger partial charge in [-0.2, -0.15) is 0 Å². The molecule has 2 unspecified atom stereocenters. The van der Waals surface area contributed by atoms with E-state index >= 15 is 0 Å². The van der Waals surface area contributed by atoms with Crippen LogP contribution in [0.4, 0.5) is 10.2 Å². The van der Waals surface area contributed by atoms with E-state index in [2.05, 4.69) is 46.2 Å². The van der Waals surface area contributed by atoms with Crippen molar-refractivity contribution in [1.82, 2.24) is 15.2 Å². The molecule has 1 aromatic heterocycles. The zero-order valence-electron chi connectivity index (χ0n) is 24.0. The van der Waals surface area contributed by atoms with Gasteiger partial charge in [-0.25, -0.2) is 9.37 Å². The van der Waals surface area contributed by atoms with Crippen molar-refractivity contribution in [1.29, 1.82) is 0 Å². The standard InChI is InChI=1S/C32H46FN5O/c1-5-34-31(27-12-7-6-8-13-27)22-26(3)36-25(2)18-21-38(23-29(33)24-39-4)20-10-9-15-30-17-16-28-14-11-19-35-32(28)37-30/h5-8,12-13,16-17,22,25,29,36H,3,9-11,14-15,18-21,23-24H2,1-2,4H3,(H,35,37)/b31-22-,34-5-. The molecule has 0 saturated carbocycles. The number of aromatic nitrogens is 1. The fourth-order valence-corrected chi connectivity index (χ4v) is 4.87. The number of hydrogen-bond acceptors (Lipinski definition) is 6. The molecule has 0 bridgehead atoms. The van der Waals surface area contributed by atoms with Crippen LogP contribution in [0.25, 0.3) is 5.70 Å². The summed E-state index contributed by atoms with van der Waals surface area (Å²) in [7, 11) is 1.55. The third kappa shape index (κ3) is 10.9. The summed E-state index contributed by atoms with van der Waals surface area (Å²) < 4.78 is 19.5. The molecular weight excluding hydrogens is 489 g/mol. The number of alkyl halides is 1. The van der Waals surface area contributed by atoms with Crippen LogP contribution in [-0.2, 0) is 17.6 Å². The summed E-state index contributed by atoms with van der Waals surface area (Å²) in [4.78, 5) is 11.5. The van der Waals surface area contributed by atoms with Crippen LogP contribution in [0.1, 0.15) is 56.4 Å². The third-order valence-electron chi connectivity index (χ3n) is 6.87. The summed E-state index contributed by atoms with van der Waals surface area (Å²) in [6.45, 7) is 11.4. The number of hydrogen-bond donors (Lipinski definition) is 2. The minimum Gasteiger partial charge on any atom is -0.383 e. The molecule has 0 amide bonds. The van der Waals surface area contributed by atoms with Crippen molar-refractivity contribution in [3.8, 4) is 0 Å². The highest BCUT2D eigenvalue weighted by atomic mass is 19.1. The number of aliphatic imine (C=N–C) groups is 1. The van der Waals surface area contributed by atoms with Gasteiger partial charge in [-0.1, -0.05) is 43.0 Å². The van der Waals surface area contributed by atoms with Gasteiger partial charge >= 0.3 is 0 Å². The molecule has 0 radical (unpaired) electrons. The molecule has 2 aromatic rings. The second kappa shape index (κ2) is 16.8. The Balaban J connectivity index is 1.48. The molecule has 0 saturated heterocycles. The Labute approximate surface area is 234 Å². The van der Waals surface area contributed by atoms with Gasteiger partial charge in [-0.3, -0.25) is 4.99 Å². The second-order valence-electron chi connectivity index (χ2n) is 10.3. The SMILES string of the molecule is C=C(/C=C(\N=C/C)c1ccccc1)NC(C)CCN(CCCCc1ccc2c(n1)NCCC2)CC(F)COC. The molecule has 3 rings (SSSR count). The van der Waals surface area contributed by atoms with E-state index in [0.29, 0.717) is 6.54 Å². The lowest BCUT2D eigenvalue weighted by molar-refractivity contribution is 0.0912. The van der Waals surface area contributed by atoms with Crippen molar-refractivity contribution < 1.29 is 9.13 Å². The Morgan fingerprint density at radius 3 is 2.82 bits per heavy atom. The van der Waals surface area contributed by atoms with E-state index in [0.717, 1.165) is 80.2 Å². The van der Waals surface area contributed by atoms with Gasteiger partial charge in [0.25, 0.3) is 0 Å². The van der Waals surface area contributed by atoms with E-state index < -0.39 is 6.17 Å². The number of allylic oxidation sites excluding steroid dienone is 1. The quantitative estimate of drug-likeness (QED) is 0.146. The minimum atomic E-state index is -0.995. The predicted molar refractivity (Wildman–Crippen MR) is 162 cm³/mol. The van der Waals surface area contributed by atoms with Crippen LogP contribution in [0.5, 0.6) is 0 Å². The van der Waals surface area contributed by atoms with Crippen LogP contribution in [0.2, 0.25) is 0 Å². The van der Waals surface area contributed by atoms with Crippen LogP contribution in [0, 0.1) is 0 Å².